The number of rotatable bonds is 3. The zero-order valence-corrected chi connectivity index (χ0v) is 9.54. The fourth-order valence-electron chi connectivity index (χ4n) is 1.28. The summed E-state index contributed by atoms with van der Waals surface area (Å²) in [6, 6.07) is 1.89. The highest BCUT2D eigenvalue weighted by atomic mass is 79.9. The minimum Gasteiger partial charge on any atom is -0.439 e. The third-order valence-electron chi connectivity index (χ3n) is 2.00. The van der Waals surface area contributed by atoms with Gasteiger partial charge in [0.2, 0.25) is 0 Å². The zero-order valence-electron chi connectivity index (χ0n) is 7.96. The van der Waals surface area contributed by atoms with Gasteiger partial charge in [0.1, 0.15) is 0 Å². The smallest absolute Gasteiger partial charge is 0.198 e. The first kappa shape index (κ1) is 9.65. The molecule has 0 aliphatic carbocycles. The van der Waals surface area contributed by atoms with Gasteiger partial charge in [-0.2, -0.15) is 4.98 Å². The highest BCUT2D eigenvalue weighted by Crippen LogP contribution is 2.18. The van der Waals surface area contributed by atoms with Gasteiger partial charge in [0.05, 0.1) is 0 Å². The summed E-state index contributed by atoms with van der Waals surface area (Å²) in [6.07, 6.45) is 4.88. The lowest BCUT2D eigenvalue weighted by Crippen LogP contribution is -1.83. The minimum absolute atomic E-state index is 0.694. The molecule has 0 bridgehead atoms. The summed E-state index contributed by atoms with van der Waals surface area (Å²) in [6.45, 7) is 2.15. The lowest BCUT2D eigenvalue weighted by atomic mass is 10.2. The molecule has 0 aromatic carbocycles. The van der Waals surface area contributed by atoms with E-state index in [9.17, 15) is 0 Å². The number of fused-ring (bicyclic) bond motifs is 1. The van der Waals surface area contributed by atoms with Gasteiger partial charge in [-0.05, 0) is 22.4 Å². The predicted octanol–water partition coefficient (Wildman–Crippen LogP) is 3.33. The second-order valence-corrected chi connectivity index (χ2v) is 4.10. The van der Waals surface area contributed by atoms with Crippen LogP contribution in [0.4, 0.5) is 0 Å². The van der Waals surface area contributed by atoms with Crippen molar-refractivity contribution in [2.45, 2.75) is 26.2 Å². The fraction of sp³-hybridized carbons (Fsp3) is 0.400. The molecule has 2 rings (SSSR count). The number of aromatic nitrogens is 2. The molecule has 0 radical (unpaired) electrons. The van der Waals surface area contributed by atoms with Crippen LogP contribution in [-0.2, 0) is 6.42 Å². The third-order valence-corrected chi connectivity index (χ3v) is 2.44. The Kier molecular flexibility index (Phi) is 2.82. The van der Waals surface area contributed by atoms with Crippen molar-refractivity contribution in [3.63, 3.8) is 0 Å². The van der Waals surface area contributed by atoms with Crippen molar-refractivity contribution in [1.82, 2.24) is 9.97 Å². The monoisotopic (exact) mass is 254 g/mol. The van der Waals surface area contributed by atoms with Crippen LogP contribution in [-0.4, -0.2) is 9.97 Å². The molecule has 2 aromatic heterocycles. The van der Waals surface area contributed by atoms with E-state index in [1.165, 1.54) is 0 Å². The lowest BCUT2D eigenvalue weighted by Gasteiger charge is -1.89. The van der Waals surface area contributed by atoms with Crippen molar-refractivity contribution < 1.29 is 4.42 Å². The Morgan fingerprint density at radius 1 is 1.50 bits per heavy atom. The zero-order chi connectivity index (χ0) is 9.97. The highest BCUT2D eigenvalue weighted by molar-refractivity contribution is 9.10. The summed E-state index contributed by atoms with van der Waals surface area (Å²) in [5.74, 6) is 0.785. The van der Waals surface area contributed by atoms with Crippen LogP contribution in [0.25, 0.3) is 11.2 Å². The van der Waals surface area contributed by atoms with E-state index in [0.717, 1.165) is 35.2 Å². The summed E-state index contributed by atoms with van der Waals surface area (Å²) >= 11 is 3.34. The Morgan fingerprint density at radius 3 is 3.14 bits per heavy atom. The summed E-state index contributed by atoms with van der Waals surface area (Å²) in [4.78, 5) is 8.45. The van der Waals surface area contributed by atoms with Gasteiger partial charge >= 0.3 is 0 Å². The van der Waals surface area contributed by atoms with Crippen LogP contribution >= 0.6 is 15.9 Å². The predicted molar refractivity (Wildman–Crippen MR) is 58.1 cm³/mol. The van der Waals surface area contributed by atoms with Crippen molar-refractivity contribution in [3.05, 3.63) is 22.6 Å². The lowest BCUT2D eigenvalue weighted by molar-refractivity contribution is 0.517. The molecule has 0 N–H and O–H groups in total. The van der Waals surface area contributed by atoms with Crippen LogP contribution in [0.15, 0.2) is 21.2 Å². The minimum atomic E-state index is 0.694. The molecule has 0 spiro atoms. The van der Waals surface area contributed by atoms with Crippen molar-refractivity contribution in [2.75, 3.05) is 0 Å². The molecule has 0 fully saturated rings. The first-order chi connectivity index (χ1) is 6.79. The fourth-order valence-corrected chi connectivity index (χ4v) is 1.59. The summed E-state index contributed by atoms with van der Waals surface area (Å²) in [7, 11) is 0. The quantitative estimate of drug-likeness (QED) is 0.844. The Hall–Kier alpha value is -0.900. The SMILES string of the molecule is CCCCc1nc2ncc(Br)cc2o1. The molecule has 74 valence electrons. The van der Waals surface area contributed by atoms with Crippen molar-refractivity contribution in [2.24, 2.45) is 0 Å². The van der Waals surface area contributed by atoms with Gasteiger partial charge in [0, 0.05) is 23.2 Å². The molecule has 3 nitrogen and oxygen atoms in total. The van der Waals surface area contributed by atoms with Gasteiger partial charge in [0.25, 0.3) is 0 Å². The number of halogens is 1. The van der Waals surface area contributed by atoms with Gasteiger partial charge in [-0.15, -0.1) is 0 Å². The van der Waals surface area contributed by atoms with Crippen molar-refractivity contribution in [1.29, 1.82) is 0 Å². The van der Waals surface area contributed by atoms with Crippen molar-refractivity contribution in [3.8, 4) is 0 Å². The Balaban J connectivity index is 2.32. The number of oxazole rings is 1. The molecule has 0 aliphatic heterocycles. The molecule has 0 atom stereocenters. The Morgan fingerprint density at radius 2 is 2.36 bits per heavy atom. The van der Waals surface area contributed by atoms with E-state index in [-0.39, 0.29) is 0 Å². The number of hydrogen-bond acceptors (Lipinski definition) is 3. The summed E-state index contributed by atoms with van der Waals surface area (Å²) < 4.78 is 6.47. The van der Waals surface area contributed by atoms with Crippen molar-refractivity contribution >= 4 is 27.2 Å². The number of unbranched alkanes of at least 4 members (excludes halogenated alkanes) is 1. The standard InChI is InChI=1S/C10H11BrN2O/c1-2-3-4-9-13-10-8(14-9)5-7(11)6-12-10/h5-6H,2-4H2,1H3. The largest absolute Gasteiger partial charge is 0.439 e. The summed E-state index contributed by atoms with van der Waals surface area (Å²) in [5.41, 5.74) is 1.45. The second-order valence-electron chi connectivity index (χ2n) is 3.19. The van der Waals surface area contributed by atoms with E-state index in [0.29, 0.717) is 5.65 Å². The van der Waals surface area contributed by atoms with Crippen LogP contribution in [0.5, 0.6) is 0 Å². The van der Waals surface area contributed by atoms with Crippen LogP contribution in [0.3, 0.4) is 0 Å². The van der Waals surface area contributed by atoms with E-state index >= 15 is 0 Å². The van der Waals surface area contributed by atoms with Crippen LogP contribution in [0.1, 0.15) is 25.7 Å². The highest BCUT2D eigenvalue weighted by Gasteiger charge is 2.06. The average molecular weight is 255 g/mol. The van der Waals surface area contributed by atoms with Crippen LogP contribution < -0.4 is 0 Å². The van der Waals surface area contributed by atoms with E-state index in [1.54, 1.807) is 6.20 Å². The molecular formula is C10H11BrN2O. The van der Waals surface area contributed by atoms with Crippen LogP contribution in [0.2, 0.25) is 0 Å². The second kappa shape index (κ2) is 4.09. The molecule has 2 aromatic rings. The van der Waals surface area contributed by atoms with Gasteiger partial charge in [-0.3, -0.25) is 0 Å². The topological polar surface area (TPSA) is 38.9 Å². The maximum Gasteiger partial charge on any atom is 0.198 e. The van der Waals surface area contributed by atoms with Crippen LogP contribution in [0, 0.1) is 0 Å². The number of pyridine rings is 1. The Bertz CT molecular complexity index is 439. The normalized spacial score (nSPS) is 11.0. The number of hydrogen-bond donors (Lipinski definition) is 0. The van der Waals surface area contributed by atoms with Gasteiger partial charge in [-0.1, -0.05) is 13.3 Å². The van der Waals surface area contributed by atoms with Gasteiger partial charge in [-0.25, -0.2) is 4.98 Å². The molecule has 14 heavy (non-hydrogen) atoms. The van der Waals surface area contributed by atoms with E-state index < -0.39 is 0 Å². The number of nitrogens with zero attached hydrogens (tertiary/aromatic N) is 2. The first-order valence-corrected chi connectivity index (χ1v) is 5.50. The molecule has 0 amide bonds. The maximum atomic E-state index is 5.55. The van der Waals surface area contributed by atoms with Gasteiger partial charge < -0.3 is 4.42 Å². The Labute approximate surface area is 90.7 Å². The number of aryl methyl sites for hydroxylation is 1. The summed E-state index contributed by atoms with van der Waals surface area (Å²) in [5, 5.41) is 0. The van der Waals surface area contributed by atoms with Gasteiger partial charge in [0.15, 0.2) is 17.1 Å². The molecule has 0 saturated heterocycles. The van der Waals surface area contributed by atoms with E-state index in [2.05, 4.69) is 32.8 Å². The average Bonchev–Trinajstić information content (AvgIpc) is 2.56. The molecule has 0 aliphatic rings. The third kappa shape index (κ3) is 1.95. The van der Waals surface area contributed by atoms with E-state index in [1.807, 2.05) is 6.07 Å². The van der Waals surface area contributed by atoms with E-state index in [4.69, 9.17) is 4.42 Å². The maximum absolute atomic E-state index is 5.55. The molecular weight excluding hydrogens is 244 g/mol. The molecule has 0 unspecified atom stereocenters. The molecule has 2 heterocycles. The first-order valence-electron chi connectivity index (χ1n) is 4.70. The molecule has 4 heteroatoms. The molecule has 0 saturated carbocycles.